The van der Waals surface area contributed by atoms with Gasteiger partial charge in [-0.05, 0) is 50.1 Å². The molecule has 0 aliphatic carbocycles. The number of hydrogen-bond acceptors (Lipinski definition) is 5. The Labute approximate surface area is 190 Å². The van der Waals surface area contributed by atoms with Gasteiger partial charge in [-0.15, -0.1) is 0 Å². The summed E-state index contributed by atoms with van der Waals surface area (Å²) in [5, 5.41) is 0.601. The summed E-state index contributed by atoms with van der Waals surface area (Å²) in [4.78, 5) is 26.6. The molecule has 4 rings (SSSR count). The Morgan fingerprint density at radius 3 is 2.38 bits per heavy atom. The van der Waals surface area contributed by atoms with Gasteiger partial charge in [0.15, 0.2) is 0 Å². The Kier molecular flexibility index (Phi) is 6.57. The maximum atomic E-state index is 13.0. The van der Waals surface area contributed by atoms with Gasteiger partial charge in [0.2, 0.25) is 5.95 Å². The lowest BCUT2D eigenvalue weighted by atomic mass is 9.99. The summed E-state index contributed by atoms with van der Waals surface area (Å²) in [6.45, 7) is 5.27. The number of rotatable bonds is 3. The molecule has 1 atom stereocenters. The molecule has 2 aromatic rings. The Bertz CT molecular complexity index is 947. The van der Waals surface area contributed by atoms with Gasteiger partial charge in [-0.1, -0.05) is 11.6 Å². The number of alkyl halides is 3. The molecule has 2 aliphatic rings. The van der Waals surface area contributed by atoms with Crippen LogP contribution in [0.5, 0.6) is 0 Å². The minimum Gasteiger partial charge on any atom is -0.339 e. The largest absolute Gasteiger partial charge is 0.433 e. The van der Waals surface area contributed by atoms with E-state index < -0.39 is 11.9 Å². The molecule has 2 aliphatic heterocycles. The third kappa shape index (κ3) is 4.99. The van der Waals surface area contributed by atoms with E-state index in [-0.39, 0.29) is 17.9 Å². The molecule has 1 amide bonds. The summed E-state index contributed by atoms with van der Waals surface area (Å²) in [6.07, 6.45) is -1.59. The molecule has 172 valence electrons. The third-order valence-electron chi connectivity index (χ3n) is 6.21. The Morgan fingerprint density at radius 2 is 1.75 bits per heavy atom. The molecule has 1 aromatic heterocycles. The number of halogens is 4. The third-order valence-corrected chi connectivity index (χ3v) is 6.46. The fourth-order valence-electron chi connectivity index (χ4n) is 4.53. The lowest BCUT2D eigenvalue weighted by Gasteiger charge is -2.46. The summed E-state index contributed by atoms with van der Waals surface area (Å²) in [5.41, 5.74) is -0.286. The molecule has 0 saturated carbocycles. The summed E-state index contributed by atoms with van der Waals surface area (Å²) >= 11 is 5.91. The summed E-state index contributed by atoms with van der Waals surface area (Å²) in [7, 11) is 0. The predicted molar refractivity (Wildman–Crippen MR) is 116 cm³/mol. The second-order valence-corrected chi connectivity index (χ2v) is 8.74. The molecule has 0 unspecified atom stereocenters. The van der Waals surface area contributed by atoms with Gasteiger partial charge in [-0.25, -0.2) is 9.97 Å². The standard InChI is InChI=1S/C22H25ClF3N5O/c1-15-14-30(21-27-9-6-19(28-21)22(24,25)26)12-13-31(15)18-7-10-29(11-8-18)20(32)16-2-4-17(23)5-3-16/h2-6,9,15,18H,7-8,10-14H2,1H3/t15-/m0/s1. The fraction of sp³-hybridized carbons (Fsp3) is 0.500. The van der Waals surface area contributed by atoms with Crippen LogP contribution in [0.4, 0.5) is 19.1 Å². The number of anilines is 1. The van der Waals surface area contributed by atoms with Crippen LogP contribution in [0.3, 0.4) is 0 Å². The quantitative estimate of drug-likeness (QED) is 0.684. The molecule has 0 spiro atoms. The molecule has 2 saturated heterocycles. The van der Waals surface area contributed by atoms with E-state index in [4.69, 9.17) is 11.6 Å². The minimum absolute atomic E-state index is 0.0136. The zero-order valence-electron chi connectivity index (χ0n) is 17.7. The number of carbonyl (C=O) groups is 1. The summed E-state index contributed by atoms with van der Waals surface area (Å²) in [5.74, 6) is 0.134. The van der Waals surface area contributed by atoms with Crippen LogP contribution in [0, 0.1) is 0 Å². The van der Waals surface area contributed by atoms with Crippen molar-refractivity contribution in [3.63, 3.8) is 0 Å². The van der Waals surface area contributed by atoms with Crippen molar-refractivity contribution in [2.24, 2.45) is 0 Å². The first-order chi connectivity index (χ1) is 15.2. The zero-order chi connectivity index (χ0) is 22.9. The molecule has 3 heterocycles. The average Bonchev–Trinajstić information content (AvgIpc) is 2.79. The van der Waals surface area contributed by atoms with Gasteiger partial charge in [-0.3, -0.25) is 9.69 Å². The van der Waals surface area contributed by atoms with Crippen LogP contribution >= 0.6 is 11.6 Å². The topological polar surface area (TPSA) is 52.6 Å². The van der Waals surface area contributed by atoms with Gasteiger partial charge in [0.25, 0.3) is 5.91 Å². The van der Waals surface area contributed by atoms with E-state index in [2.05, 4.69) is 21.8 Å². The van der Waals surface area contributed by atoms with Gasteiger partial charge >= 0.3 is 6.18 Å². The van der Waals surface area contributed by atoms with E-state index in [1.807, 2.05) is 9.80 Å². The molecule has 32 heavy (non-hydrogen) atoms. The highest BCUT2D eigenvalue weighted by Gasteiger charge is 2.36. The van der Waals surface area contributed by atoms with Gasteiger partial charge < -0.3 is 9.80 Å². The molecule has 10 heteroatoms. The Balaban J connectivity index is 1.33. The van der Waals surface area contributed by atoms with Gasteiger partial charge in [0.1, 0.15) is 5.69 Å². The highest BCUT2D eigenvalue weighted by atomic mass is 35.5. The zero-order valence-corrected chi connectivity index (χ0v) is 18.5. The molecule has 2 fully saturated rings. The van der Waals surface area contributed by atoms with Crippen molar-refractivity contribution in [3.8, 4) is 0 Å². The van der Waals surface area contributed by atoms with Crippen molar-refractivity contribution in [1.29, 1.82) is 0 Å². The number of amides is 1. The van der Waals surface area contributed by atoms with Gasteiger partial charge in [-0.2, -0.15) is 13.2 Å². The van der Waals surface area contributed by atoms with Gasteiger partial charge in [0, 0.05) is 61.6 Å². The van der Waals surface area contributed by atoms with Crippen molar-refractivity contribution < 1.29 is 18.0 Å². The minimum atomic E-state index is -4.48. The number of aromatic nitrogens is 2. The van der Waals surface area contributed by atoms with Crippen LogP contribution in [0.2, 0.25) is 5.02 Å². The fourth-order valence-corrected chi connectivity index (χ4v) is 4.66. The number of likely N-dealkylation sites (tertiary alicyclic amines) is 1. The van der Waals surface area contributed by atoms with E-state index in [0.29, 0.717) is 42.8 Å². The smallest absolute Gasteiger partial charge is 0.339 e. The van der Waals surface area contributed by atoms with E-state index in [1.165, 1.54) is 0 Å². The van der Waals surface area contributed by atoms with Crippen LogP contribution in [-0.4, -0.2) is 70.5 Å². The summed E-state index contributed by atoms with van der Waals surface area (Å²) < 4.78 is 38.9. The van der Waals surface area contributed by atoms with Crippen molar-refractivity contribution in [1.82, 2.24) is 19.8 Å². The first-order valence-corrected chi connectivity index (χ1v) is 11.1. The van der Waals surface area contributed by atoms with Crippen LogP contribution in [0.15, 0.2) is 36.5 Å². The lowest BCUT2D eigenvalue weighted by Crippen LogP contribution is -2.58. The number of benzene rings is 1. The second kappa shape index (κ2) is 9.23. The number of hydrogen-bond donors (Lipinski definition) is 0. The SMILES string of the molecule is C[C@H]1CN(c2nccc(C(F)(F)F)n2)CCN1C1CCN(C(=O)c2ccc(Cl)cc2)CC1. The van der Waals surface area contributed by atoms with Crippen LogP contribution in [0.1, 0.15) is 35.8 Å². The van der Waals surface area contributed by atoms with E-state index >= 15 is 0 Å². The Hall–Kier alpha value is -2.39. The second-order valence-electron chi connectivity index (χ2n) is 8.30. The maximum absolute atomic E-state index is 13.0. The molecule has 0 N–H and O–H groups in total. The van der Waals surface area contributed by atoms with E-state index in [1.54, 1.807) is 24.3 Å². The van der Waals surface area contributed by atoms with E-state index in [0.717, 1.165) is 31.6 Å². The average molecular weight is 468 g/mol. The van der Waals surface area contributed by atoms with Crippen LogP contribution < -0.4 is 4.90 Å². The summed E-state index contributed by atoms with van der Waals surface area (Å²) in [6, 6.07) is 8.30. The van der Waals surface area contributed by atoms with Crippen LogP contribution in [-0.2, 0) is 6.18 Å². The highest BCUT2D eigenvalue weighted by molar-refractivity contribution is 6.30. The predicted octanol–water partition coefficient (Wildman–Crippen LogP) is 3.96. The molecule has 6 nitrogen and oxygen atoms in total. The van der Waals surface area contributed by atoms with Crippen molar-refractivity contribution >= 4 is 23.5 Å². The highest BCUT2D eigenvalue weighted by Crippen LogP contribution is 2.29. The van der Waals surface area contributed by atoms with E-state index in [9.17, 15) is 18.0 Å². The number of piperidine rings is 1. The van der Waals surface area contributed by atoms with Crippen molar-refractivity contribution in [2.75, 3.05) is 37.6 Å². The molecule has 0 bridgehead atoms. The number of carbonyl (C=O) groups excluding carboxylic acids is 1. The van der Waals surface area contributed by atoms with Crippen molar-refractivity contribution in [2.45, 2.75) is 38.0 Å². The normalized spacial score (nSPS) is 21.1. The number of nitrogens with zero attached hydrogens (tertiary/aromatic N) is 5. The number of piperazine rings is 1. The maximum Gasteiger partial charge on any atom is 0.433 e. The monoisotopic (exact) mass is 467 g/mol. The first kappa shape index (κ1) is 22.8. The molecule has 1 aromatic carbocycles. The lowest BCUT2D eigenvalue weighted by molar-refractivity contribution is -0.141. The first-order valence-electron chi connectivity index (χ1n) is 10.7. The Morgan fingerprint density at radius 1 is 1.06 bits per heavy atom. The van der Waals surface area contributed by atoms with Crippen molar-refractivity contribution in [3.05, 3.63) is 52.8 Å². The van der Waals surface area contributed by atoms with Gasteiger partial charge in [0.05, 0.1) is 0 Å². The van der Waals surface area contributed by atoms with Crippen LogP contribution in [0.25, 0.3) is 0 Å². The molecule has 0 radical (unpaired) electrons. The molecular formula is C22H25ClF3N5O. The molecular weight excluding hydrogens is 443 g/mol.